The molecule has 90 valence electrons. The summed E-state index contributed by atoms with van der Waals surface area (Å²) in [7, 11) is 0. The molecular formula is C14H18N2S. The highest BCUT2D eigenvalue weighted by molar-refractivity contribution is 7.10. The molecule has 0 aliphatic carbocycles. The van der Waals surface area contributed by atoms with E-state index < -0.39 is 0 Å². The Morgan fingerprint density at radius 2 is 1.88 bits per heavy atom. The fraction of sp³-hybridized carbons (Fsp3) is 0.286. The van der Waals surface area contributed by atoms with E-state index >= 15 is 0 Å². The molecule has 2 aromatic rings. The molecule has 2 nitrogen and oxygen atoms in total. The van der Waals surface area contributed by atoms with Gasteiger partial charge in [-0.1, -0.05) is 18.2 Å². The van der Waals surface area contributed by atoms with Crippen molar-refractivity contribution in [3.05, 3.63) is 52.2 Å². The lowest BCUT2D eigenvalue weighted by Crippen LogP contribution is -2.21. The van der Waals surface area contributed by atoms with E-state index in [1.54, 1.807) is 0 Å². The first-order valence-corrected chi connectivity index (χ1v) is 6.77. The molecule has 3 heteroatoms. The number of anilines is 1. The summed E-state index contributed by atoms with van der Waals surface area (Å²) in [4.78, 5) is 1.43. The van der Waals surface area contributed by atoms with Crippen LogP contribution in [0.25, 0.3) is 0 Å². The molecule has 0 bridgehead atoms. The molecule has 2 N–H and O–H groups in total. The molecule has 0 spiro atoms. The average molecular weight is 246 g/mol. The Morgan fingerprint density at radius 1 is 1.06 bits per heavy atom. The molecule has 0 radical (unpaired) electrons. The standard InChI is InChI=1S/C14H18N2S/c1-12-7-10-17-14(12)11-15-8-9-16-13-5-3-2-4-6-13/h2-7,10,15-16H,8-9,11H2,1H3. The molecule has 0 saturated carbocycles. The zero-order valence-electron chi connectivity index (χ0n) is 10.1. The van der Waals surface area contributed by atoms with Crippen LogP contribution in [-0.2, 0) is 6.54 Å². The summed E-state index contributed by atoms with van der Waals surface area (Å²) in [6.45, 7) is 5.07. The van der Waals surface area contributed by atoms with Crippen LogP contribution in [0.4, 0.5) is 5.69 Å². The minimum absolute atomic E-state index is 0.953. The van der Waals surface area contributed by atoms with E-state index in [-0.39, 0.29) is 0 Å². The van der Waals surface area contributed by atoms with Gasteiger partial charge in [0.05, 0.1) is 0 Å². The highest BCUT2D eigenvalue weighted by atomic mass is 32.1. The maximum absolute atomic E-state index is 3.45. The Kier molecular flexibility index (Phi) is 4.59. The molecule has 2 rings (SSSR count). The van der Waals surface area contributed by atoms with Crippen LogP contribution in [-0.4, -0.2) is 13.1 Å². The first kappa shape index (κ1) is 12.1. The molecule has 0 atom stereocenters. The Balaban J connectivity index is 1.63. The number of thiophene rings is 1. The van der Waals surface area contributed by atoms with Crippen LogP contribution >= 0.6 is 11.3 Å². The van der Waals surface area contributed by atoms with Gasteiger partial charge in [0.25, 0.3) is 0 Å². The van der Waals surface area contributed by atoms with Gasteiger partial charge in [-0.25, -0.2) is 0 Å². The van der Waals surface area contributed by atoms with Crippen molar-refractivity contribution in [2.45, 2.75) is 13.5 Å². The zero-order valence-corrected chi connectivity index (χ0v) is 10.9. The second-order valence-corrected chi connectivity index (χ2v) is 5.00. The van der Waals surface area contributed by atoms with Crippen molar-refractivity contribution in [2.75, 3.05) is 18.4 Å². The normalized spacial score (nSPS) is 10.4. The second-order valence-electron chi connectivity index (χ2n) is 4.00. The molecular weight excluding hydrogens is 228 g/mol. The van der Waals surface area contributed by atoms with E-state index in [1.165, 1.54) is 16.1 Å². The van der Waals surface area contributed by atoms with Crippen molar-refractivity contribution in [3.63, 3.8) is 0 Å². The second kappa shape index (κ2) is 6.42. The minimum Gasteiger partial charge on any atom is -0.384 e. The summed E-state index contributed by atoms with van der Waals surface area (Å²) in [5, 5.41) is 8.97. The monoisotopic (exact) mass is 246 g/mol. The third-order valence-corrected chi connectivity index (χ3v) is 3.68. The number of para-hydroxylation sites is 1. The number of hydrogen-bond donors (Lipinski definition) is 2. The van der Waals surface area contributed by atoms with Gasteiger partial charge >= 0.3 is 0 Å². The summed E-state index contributed by atoms with van der Waals surface area (Å²) in [6, 6.07) is 12.5. The number of benzene rings is 1. The van der Waals surface area contributed by atoms with Gasteiger partial charge in [0.1, 0.15) is 0 Å². The number of nitrogens with one attached hydrogen (secondary N) is 2. The van der Waals surface area contributed by atoms with Gasteiger partial charge in [0, 0.05) is 30.2 Å². The first-order valence-electron chi connectivity index (χ1n) is 5.89. The van der Waals surface area contributed by atoms with E-state index in [9.17, 15) is 0 Å². The minimum atomic E-state index is 0.953. The maximum Gasteiger partial charge on any atom is 0.0340 e. The van der Waals surface area contributed by atoms with Crippen LogP contribution in [0.2, 0.25) is 0 Å². The Morgan fingerprint density at radius 3 is 2.59 bits per heavy atom. The molecule has 0 fully saturated rings. The molecule has 0 saturated heterocycles. The summed E-state index contributed by atoms with van der Waals surface area (Å²) < 4.78 is 0. The van der Waals surface area contributed by atoms with Crippen LogP contribution in [0.1, 0.15) is 10.4 Å². The van der Waals surface area contributed by atoms with Gasteiger partial charge in [-0.05, 0) is 36.1 Å². The molecule has 1 aromatic heterocycles. The van der Waals surface area contributed by atoms with Crippen molar-refractivity contribution < 1.29 is 0 Å². The lowest BCUT2D eigenvalue weighted by molar-refractivity contribution is 0.712. The fourth-order valence-electron chi connectivity index (χ4n) is 1.64. The van der Waals surface area contributed by atoms with Crippen molar-refractivity contribution in [3.8, 4) is 0 Å². The molecule has 0 aliphatic heterocycles. The van der Waals surface area contributed by atoms with Crippen LogP contribution in [0.15, 0.2) is 41.8 Å². The summed E-state index contributed by atoms with van der Waals surface area (Å²) in [5.74, 6) is 0. The molecule has 0 amide bonds. The van der Waals surface area contributed by atoms with Crippen LogP contribution in [0, 0.1) is 6.92 Å². The molecule has 17 heavy (non-hydrogen) atoms. The maximum atomic E-state index is 3.45. The Hall–Kier alpha value is -1.32. The van der Waals surface area contributed by atoms with E-state index in [4.69, 9.17) is 0 Å². The summed E-state index contributed by atoms with van der Waals surface area (Å²) in [5.41, 5.74) is 2.57. The van der Waals surface area contributed by atoms with E-state index in [0.29, 0.717) is 0 Å². The van der Waals surface area contributed by atoms with Crippen LogP contribution in [0.3, 0.4) is 0 Å². The highest BCUT2D eigenvalue weighted by Crippen LogP contribution is 2.14. The topological polar surface area (TPSA) is 24.1 Å². The first-order chi connectivity index (χ1) is 8.36. The lowest BCUT2D eigenvalue weighted by atomic mass is 10.3. The zero-order chi connectivity index (χ0) is 11.9. The van der Waals surface area contributed by atoms with E-state index in [2.05, 4.69) is 41.1 Å². The third-order valence-electron chi connectivity index (χ3n) is 2.66. The van der Waals surface area contributed by atoms with Crippen molar-refractivity contribution in [1.82, 2.24) is 5.32 Å². The van der Waals surface area contributed by atoms with Crippen molar-refractivity contribution in [1.29, 1.82) is 0 Å². The van der Waals surface area contributed by atoms with Crippen molar-refractivity contribution >= 4 is 17.0 Å². The number of rotatable bonds is 6. The molecule has 1 heterocycles. The Bertz CT molecular complexity index is 436. The van der Waals surface area contributed by atoms with Gasteiger partial charge in [0.2, 0.25) is 0 Å². The van der Waals surface area contributed by atoms with Gasteiger partial charge in [-0.2, -0.15) is 0 Å². The predicted molar refractivity (Wildman–Crippen MR) is 75.7 cm³/mol. The number of aryl methyl sites for hydroxylation is 1. The average Bonchev–Trinajstić information content (AvgIpc) is 2.76. The molecule has 1 aromatic carbocycles. The lowest BCUT2D eigenvalue weighted by Gasteiger charge is -2.07. The highest BCUT2D eigenvalue weighted by Gasteiger charge is 1.98. The quantitative estimate of drug-likeness (QED) is 0.765. The number of hydrogen-bond acceptors (Lipinski definition) is 3. The van der Waals surface area contributed by atoms with Crippen molar-refractivity contribution in [2.24, 2.45) is 0 Å². The Labute approximate surface area is 107 Å². The van der Waals surface area contributed by atoms with Gasteiger partial charge in [0.15, 0.2) is 0 Å². The third kappa shape index (κ3) is 3.88. The fourth-order valence-corrected chi connectivity index (χ4v) is 2.51. The van der Waals surface area contributed by atoms with Crippen LogP contribution < -0.4 is 10.6 Å². The van der Waals surface area contributed by atoms with Crippen LogP contribution in [0.5, 0.6) is 0 Å². The molecule has 0 unspecified atom stereocenters. The predicted octanol–water partition coefficient (Wildman–Crippen LogP) is 3.26. The van der Waals surface area contributed by atoms with Gasteiger partial charge in [-0.3, -0.25) is 0 Å². The molecule has 0 aliphatic rings. The van der Waals surface area contributed by atoms with Gasteiger partial charge < -0.3 is 10.6 Å². The summed E-state index contributed by atoms with van der Waals surface area (Å²) >= 11 is 1.82. The largest absolute Gasteiger partial charge is 0.384 e. The summed E-state index contributed by atoms with van der Waals surface area (Å²) in [6.07, 6.45) is 0. The van der Waals surface area contributed by atoms with E-state index in [0.717, 1.165) is 19.6 Å². The van der Waals surface area contributed by atoms with E-state index in [1.807, 2.05) is 29.5 Å². The smallest absolute Gasteiger partial charge is 0.0340 e. The van der Waals surface area contributed by atoms with Gasteiger partial charge in [-0.15, -0.1) is 11.3 Å². The SMILES string of the molecule is Cc1ccsc1CNCCNc1ccccc1.